The number of aromatic nitrogens is 2. The van der Waals surface area contributed by atoms with Gasteiger partial charge < -0.3 is 9.84 Å². The number of alkyl halides is 3. The summed E-state index contributed by atoms with van der Waals surface area (Å²) in [7, 11) is 2.97. The number of aromatic hydroxyl groups is 1. The summed E-state index contributed by atoms with van der Waals surface area (Å²) in [4.78, 5) is 13.6. The molecule has 166 valence electrons. The van der Waals surface area contributed by atoms with Crippen molar-refractivity contribution in [3.8, 4) is 33.1 Å². The van der Waals surface area contributed by atoms with Crippen LogP contribution in [0.5, 0.6) is 11.5 Å². The molecule has 0 amide bonds. The summed E-state index contributed by atoms with van der Waals surface area (Å²) in [6, 6.07) is 11.5. The van der Waals surface area contributed by atoms with Gasteiger partial charge in [-0.2, -0.15) is 18.3 Å². The molecular weight excluding hydrogens is 461 g/mol. The van der Waals surface area contributed by atoms with E-state index in [0.29, 0.717) is 31.8 Å². The van der Waals surface area contributed by atoms with Gasteiger partial charge in [0.2, 0.25) is 0 Å². The zero-order valence-corrected chi connectivity index (χ0v) is 18.8. The lowest BCUT2D eigenvalue weighted by Crippen LogP contribution is -2.22. The summed E-state index contributed by atoms with van der Waals surface area (Å²) in [5.41, 5.74) is -3.79. The van der Waals surface area contributed by atoms with Crippen LogP contribution in [0.15, 0.2) is 52.2 Å². The van der Waals surface area contributed by atoms with Crippen LogP contribution in [-0.2, 0) is 7.05 Å². The van der Waals surface area contributed by atoms with Gasteiger partial charge in [0, 0.05) is 38.0 Å². The molecule has 0 saturated heterocycles. The van der Waals surface area contributed by atoms with Crippen molar-refractivity contribution in [2.45, 2.75) is 17.3 Å². The Labute approximate surface area is 189 Å². The van der Waals surface area contributed by atoms with Crippen LogP contribution in [-0.4, -0.2) is 27.5 Å². The topological polar surface area (TPSA) is 64.3 Å². The Morgan fingerprint density at radius 2 is 1.88 bits per heavy atom. The predicted octanol–water partition coefficient (Wildman–Crippen LogP) is 5.96. The van der Waals surface area contributed by atoms with Crippen LogP contribution in [0, 0.1) is 6.92 Å². The third-order valence-corrected chi connectivity index (χ3v) is 6.81. The second-order valence-electron chi connectivity index (χ2n) is 6.95. The number of aryl methyl sites for hydroxylation is 2. The van der Waals surface area contributed by atoms with E-state index in [9.17, 15) is 23.1 Å². The largest absolute Gasteiger partial charge is 0.505 e. The standard InChI is InChI=1S/C22H17F3N2O3S2/c1-11-19(28)18(21(29)27(2)26-11)17-14-10-12(32-22(23,24)25)8-9-16(14)31-20(17)13-6-4-5-7-15(13)30-3/h4-10,28H,1-3H3. The first-order valence-electron chi connectivity index (χ1n) is 9.33. The van der Waals surface area contributed by atoms with Gasteiger partial charge in [-0.3, -0.25) is 4.79 Å². The molecule has 0 aliphatic carbocycles. The third kappa shape index (κ3) is 3.95. The van der Waals surface area contributed by atoms with Gasteiger partial charge in [-0.1, -0.05) is 12.1 Å². The Kier molecular flexibility index (Phi) is 5.68. The first-order valence-corrected chi connectivity index (χ1v) is 11.0. The van der Waals surface area contributed by atoms with Crippen molar-refractivity contribution in [2.24, 2.45) is 7.05 Å². The molecule has 0 atom stereocenters. The number of para-hydroxylation sites is 1. The van der Waals surface area contributed by atoms with Crippen LogP contribution in [0.2, 0.25) is 0 Å². The number of rotatable bonds is 4. The van der Waals surface area contributed by atoms with E-state index >= 15 is 0 Å². The van der Waals surface area contributed by atoms with Crippen molar-refractivity contribution in [1.29, 1.82) is 0 Å². The van der Waals surface area contributed by atoms with Gasteiger partial charge in [0.1, 0.15) is 11.4 Å². The van der Waals surface area contributed by atoms with Crippen LogP contribution >= 0.6 is 23.1 Å². The zero-order valence-electron chi connectivity index (χ0n) is 17.1. The molecule has 0 aliphatic rings. The average molecular weight is 479 g/mol. The summed E-state index contributed by atoms with van der Waals surface area (Å²) in [6.07, 6.45) is 0. The highest BCUT2D eigenvalue weighted by Gasteiger charge is 2.30. The highest BCUT2D eigenvalue weighted by atomic mass is 32.2. The molecule has 0 radical (unpaired) electrons. The molecule has 2 aromatic heterocycles. The number of thioether (sulfide) groups is 1. The van der Waals surface area contributed by atoms with Crippen LogP contribution in [0.3, 0.4) is 0 Å². The minimum Gasteiger partial charge on any atom is -0.505 e. The number of thiophene rings is 1. The smallest absolute Gasteiger partial charge is 0.446 e. The molecule has 0 fully saturated rings. The normalized spacial score (nSPS) is 11.8. The molecule has 0 aliphatic heterocycles. The molecular formula is C22H17F3N2O3S2. The van der Waals surface area contributed by atoms with E-state index in [2.05, 4.69) is 5.10 Å². The van der Waals surface area contributed by atoms with Crippen molar-refractivity contribution < 1.29 is 23.0 Å². The van der Waals surface area contributed by atoms with Gasteiger partial charge in [-0.05, 0) is 49.0 Å². The third-order valence-electron chi connectivity index (χ3n) is 4.88. The molecule has 0 unspecified atom stereocenters. The Hall–Kier alpha value is -2.98. The molecule has 4 rings (SSSR count). The van der Waals surface area contributed by atoms with E-state index in [4.69, 9.17) is 4.74 Å². The second-order valence-corrected chi connectivity index (χ2v) is 9.14. The predicted molar refractivity (Wildman–Crippen MR) is 121 cm³/mol. The van der Waals surface area contributed by atoms with E-state index in [-0.39, 0.29) is 33.7 Å². The monoisotopic (exact) mass is 478 g/mol. The molecule has 5 nitrogen and oxygen atoms in total. The fourth-order valence-electron chi connectivity index (χ4n) is 3.53. The summed E-state index contributed by atoms with van der Waals surface area (Å²) in [5.74, 6) is 0.227. The maximum atomic E-state index is 13.1. The van der Waals surface area contributed by atoms with Gasteiger partial charge in [-0.15, -0.1) is 11.3 Å². The van der Waals surface area contributed by atoms with Gasteiger partial charge >= 0.3 is 5.51 Å². The zero-order chi connectivity index (χ0) is 23.2. The number of ether oxygens (including phenoxy) is 1. The van der Waals surface area contributed by atoms with Gasteiger partial charge in [-0.25, -0.2) is 4.68 Å². The lowest BCUT2D eigenvalue weighted by Gasteiger charge is -2.12. The number of hydrogen-bond acceptors (Lipinski definition) is 6. The Balaban J connectivity index is 2.13. The van der Waals surface area contributed by atoms with E-state index in [0.717, 1.165) is 4.68 Å². The number of benzene rings is 2. The van der Waals surface area contributed by atoms with Crippen LogP contribution in [0.25, 0.3) is 31.7 Å². The number of nitrogens with zero attached hydrogens (tertiary/aromatic N) is 2. The van der Waals surface area contributed by atoms with Gasteiger partial charge in [0.15, 0.2) is 5.75 Å². The molecule has 2 heterocycles. The summed E-state index contributed by atoms with van der Waals surface area (Å²) in [6.45, 7) is 1.56. The Bertz CT molecular complexity index is 1390. The van der Waals surface area contributed by atoms with Crippen LogP contribution < -0.4 is 10.3 Å². The fourth-order valence-corrected chi connectivity index (χ4v) is 5.33. The van der Waals surface area contributed by atoms with Gasteiger partial charge in [0.05, 0.1) is 12.7 Å². The van der Waals surface area contributed by atoms with Gasteiger partial charge in [0.25, 0.3) is 5.56 Å². The van der Waals surface area contributed by atoms with E-state index in [1.165, 1.54) is 37.6 Å². The summed E-state index contributed by atoms with van der Waals surface area (Å²) < 4.78 is 46.3. The highest BCUT2D eigenvalue weighted by molar-refractivity contribution is 8.00. The Morgan fingerprint density at radius 3 is 2.56 bits per heavy atom. The lowest BCUT2D eigenvalue weighted by molar-refractivity contribution is -0.0328. The highest BCUT2D eigenvalue weighted by Crippen LogP contribution is 2.50. The first kappa shape index (κ1) is 22.2. The Morgan fingerprint density at radius 1 is 1.16 bits per heavy atom. The van der Waals surface area contributed by atoms with Crippen molar-refractivity contribution in [2.75, 3.05) is 7.11 Å². The number of hydrogen-bond donors (Lipinski definition) is 1. The average Bonchev–Trinajstić information content (AvgIpc) is 3.10. The molecule has 0 saturated carbocycles. The second kappa shape index (κ2) is 8.18. The number of fused-ring (bicyclic) bond motifs is 1. The van der Waals surface area contributed by atoms with E-state index < -0.39 is 11.1 Å². The SMILES string of the molecule is COc1ccccc1-c1sc2ccc(SC(F)(F)F)cc2c1-c1c(O)c(C)nn(C)c1=O. The summed E-state index contributed by atoms with van der Waals surface area (Å²) >= 11 is 1.08. The molecule has 2 aromatic carbocycles. The van der Waals surface area contributed by atoms with E-state index in [1.54, 1.807) is 37.3 Å². The van der Waals surface area contributed by atoms with E-state index in [1.807, 2.05) is 0 Å². The van der Waals surface area contributed by atoms with Crippen molar-refractivity contribution in [3.63, 3.8) is 0 Å². The maximum absolute atomic E-state index is 13.1. The number of halogens is 3. The minimum absolute atomic E-state index is 0.0127. The molecule has 32 heavy (non-hydrogen) atoms. The molecule has 4 aromatic rings. The van der Waals surface area contributed by atoms with Crippen molar-refractivity contribution in [1.82, 2.24) is 9.78 Å². The van der Waals surface area contributed by atoms with Crippen molar-refractivity contribution in [3.05, 3.63) is 58.5 Å². The quantitative estimate of drug-likeness (QED) is 0.367. The maximum Gasteiger partial charge on any atom is 0.446 e. The molecule has 10 heteroatoms. The molecule has 0 bridgehead atoms. The van der Waals surface area contributed by atoms with Crippen molar-refractivity contribution >= 4 is 33.2 Å². The number of methoxy groups -OCH3 is 1. The molecule has 1 N–H and O–H groups in total. The lowest BCUT2D eigenvalue weighted by atomic mass is 9.98. The minimum atomic E-state index is -4.46. The first-order chi connectivity index (χ1) is 15.1. The van der Waals surface area contributed by atoms with Crippen LogP contribution in [0.4, 0.5) is 13.2 Å². The fraction of sp³-hybridized carbons (Fsp3) is 0.182. The molecule has 0 spiro atoms. The summed E-state index contributed by atoms with van der Waals surface area (Å²) in [5, 5.41) is 15.2. The van der Waals surface area contributed by atoms with Crippen LogP contribution in [0.1, 0.15) is 5.69 Å².